The van der Waals surface area contributed by atoms with Crippen molar-refractivity contribution in [2.24, 2.45) is 0 Å². The number of hydrogen-bond donors (Lipinski definition) is 2. The number of carbonyl (C=O) groups is 1. The van der Waals surface area contributed by atoms with Gasteiger partial charge in [-0.05, 0) is 55.2 Å². The molecule has 2 aromatic carbocycles. The number of halogens is 3. The monoisotopic (exact) mass is 380 g/mol. The van der Waals surface area contributed by atoms with Crippen molar-refractivity contribution in [3.8, 4) is 0 Å². The van der Waals surface area contributed by atoms with Gasteiger partial charge in [0.2, 0.25) is 5.91 Å². The SMILES string of the molecule is C[C@H](N[C@@H](C(=O)NC1CC1)c1ccc(F)cc1)c1ccc(Cl)c(Cl)c1. The minimum Gasteiger partial charge on any atom is -0.352 e. The summed E-state index contributed by atoms with van der Waals surface area (Å²) in [6.45, 7) is 1.94. The molecule has 3 nitrogen and oxygen atoms in total. The third kappa shape index (κ3) is 4.72. The molecule has 1 fully saturated rings. The van der Waals surface area contributed by atoms with Crippen molar-refractivity contribution in [1.82, 2.24) is 10.6 Å². The lowest BCUT2D eigenvalue weighted by molar-refractivity contribution is -0.123. The van der Waals surface area contributed by atoms with Crippen molar-refractivity contribution in [2.45, 2.75) is 37.9 Å². The predicted molar refractivity (Wildman–Crippen MR) is 98.3 cm³/mol. The molecular formula is C19H19Cl2FN2O. The summed E-state index contributed by atoms with van der Waals surface area (Å²) in [5.41, 5.74) is 1.63. The molecule has 132 valence electrons. The molecule has 1 amide bonds. The highest BCUT2D eigenvalue weighted by Gasteiger charge is 2.29. The van der Waals surface area contributed by atoms with E-state index in [0.29, 0.717) is 15.6 Å². The first-order chi connectivity index (χ1) is 11.9. The van der Waals surface area contributed by atoms with Gasteiger partial charge >= 0.3 is 0 Å². The number of rotatable bonds is 6. The largest absolute Gasteiger partial charge is 0.352 e. The van der Waals surface area contributed by atoms with Crippen LogP contribution < -0.4 is 10.6 Å². The maximum Gasteiger partial charge on any atom is 0.241 e. The number of hydrogen-bond acceptors (Lipinski definition) is 2. The van der Waals surface area contributed by atoms with Gasteiger partial charge in [0.15, 0.2) is 0 Å². The molecule has 25 heavy (non-hydrogen) atoms. The normalized spacial score (nSPS) is 16.3. The molecule has 1 aliphatic rings. The van der Waals surface area contributed by atoms with Crippen molar-refractivity contribution in [3.63, 3.8) is 0 Å². The molecule has 0 spiro atoms. The summed E-state index contributed by atoms with van der Waals surface area (Å²) >= 11 is 12.1. The van der Waals surface area contributed by atoms with Gasteiger partial charge in [-0.15, -0.1) is 0 Å². The number of benzene rings is 2. The smallest absolute Gasteiger partial charge is 0.241 e. The van der Waals surface area contributed by atoms with E-state index in [-0.39, 0.29) is 23.8 Å². The van der Waals surface area contributed by atoms with Gasteiger partial charge < -0.3 is 5.32 Å². The highest BCUT2D eigenvalue weighted by atomic mass is 35.5. The summed E-state index contributed by atoms with van der Waals surface area (Å²) in [5, 5.41) is 7.27. The van der Waals surface area contributed by atoms with Gasteiger partial charge in [-0.3, -0.25) is 10.1 Å². The maximum absolute atomic E-state index is 13.2. The fraction of sp³-hybridized carbons (Fsp3) is 0.316. The Kier molecular flexibility index (Phi) is 5.62. The molecule has 1 saturated carbocycles. The van der Waals surface area contributed by atoms with Crippen LogP contribution in [-0.4, -0.2) is 11.9 Å². The molecule has 0 saturated heterocycles. The Balaban J connectivity index is 1.81. The van der Waals surface area contributed by atoms with E-state index in [2.05, 4.69) is 10.6 Å². The second-order valence-corrected chi connectivity index (χ2v) is 7.14. The van der Waals surface area contributed by atoms with Crippen molar-refractivity contribution < 1.29 is 9.18 Å². The van der Waals surface area contributed by atoms with E-state index in [1.54, 1.807) is 24.3 Å². The zero-order valence-electron chi connectivity index (χ0n) is 13.7. The standard InChI is InChI=1S/C19H19Cl2FN2O/c1-11(13-4-9-16(20)17(21)10-13)23-18(19(25)24-15-7-8-15)12-2-5-14(22)6-3-12/h2-6,9-11,15,18,23H,7-8H2,1H3,(H,24,25)/t11-,18+/m0/s1. The number of amides is 1. The van der Waals surface area contributed by atoms with Crippen LogP contribution in [-0.2, 0) is 4.79 Å². The van der Waals surface area contributed by atoms with Crippen LogP contribution in [0.3, 0.4) is 0 Å². The Morgan fingerprint density at radius 3 is 2.32 bits per heavy atom. The lowest BCUT2D eigenvalue weighted by atomic mass is 10.0. The molecule has 0 aliphatic heterocycles. The summed E-state index contributed by atoms with van der Waals surface area (Å²) in [7, 11) is 0. The average Bonchev–Trinajstić information content (AvgIpc) is 3.39. The molecule has 0 heterocycles. The van der Waals surface area contributed by atoms with Crippen LogP contribution in [0.2, 0.25) is 10.0 Å². The fourth-order valence-corrected chi connectivity index (χ4v) is 2.93. The summed E-state index contributed by atoms with van der Waals surface area (Å²) in [6.07, 6.45) is 2.01. The minimum atomic E-state index is -0.578. The van der Waals surface area contributed by atoms with Crippen molar-refractivity contribution in [2.75, 3.05) is 0 Å². The zero-order chi connectivity index (χ0) is 18.0. The van der Waals surface area contributed by atoms with Crippen LogP contribution in [0.15, 0.2) is 42.5 Å². The van der Waals surface area contributed by atoms with E-state index in [9.17, 15) is 9.18 Å². The third-order valence-corrected chi connectivity index (χ3v) is 4.99. The third-order valence-electron chi connectivity index (χ3n) is 4.25. The fourth-order valence-electron chi connectivity index (χ4n) is 2.62. The first-order valence-corrected chi connectivity index (χ1v) is 8.96. The molecule has 0 bridgehead atoms. The molecular weight excluding hydrogens is 362 g/mol. The first kappa shape index (κ1) is 18.2. The lowest BCUT2D eigenvalue weighted by Crippen LogP contribution is -2.39. The highest BCUT2D eigenvalue weighted by molar-refractivity contribution is 6.42. The van der Waals surface area contributed by atoms with E-state index >= 15 is 0 Å². The second kappa shape index (κ2) is 7.73. The molecule has 2 atom stereocenters. The minimum absolute atomic E-state index is 0.110. The molecule has 2 N–H and O–H groups in total. The second-order valence-electron chi connectivity index (χ2n) is 6.33. The van der Waals surface area contributed by atoms with E-state index in [1.807, 2.05) is 13.0 Å². The van der Waals surface area contributed by atoms with Gasteiger partial charge in [-0.2, -0.15) is 0 Å². The van der Waals surface area contributed by atoms with Crippen LogP contribution in [0.25, 0.3) is 0 Å². The highest BCUT2D eigenvalue weighted by Crippen LogP contribution is 2.28. The summed E-state index contributed by atoms with van der Waals surface area (Å²) in [5.74, 6) is -0.441. The molecule has 0 radical (unpaired) electrons. The molecule has 2 aromatic rings. The topological polar surface area (TPSA) is 41.1 Å². The van der Waals surface area contributed by atoms with E-state index in [1.165, 1.54) is 12.1 Å². The Morgan fingerprint density at radius 2 is 1.72 bits per heavy atom. The Morgan fingerprint density at radius 1 is 1.08 bits per heavy atom. The predicted octanol–water partition coefficient (Wildman–Crippen LogP) is 4.80. The van der Waals surface area contributed by atoms with Crippen LogP contribution in [0.1, 0.15) is 43.0 Å². The van der Waals surface area contributed by atoms with Gasteiger partial charge in [0.05, 0.1) is 10.0 Å². The molecule has 6 heteroatoms. The van der Waals surface area contributed by atoms with Crippen molar-refractivity contribution in [3.05, 3.63) is 69.5 Å². The van der Waals surface area contributed by atoms with Crippen LogP contribution in [0, 0.1) is 5.82 Å². The summed E-state index contributed by atoms with van der Waals surface area (Å²) < 4.78 is 13.2. The van der Waals surface area contributed by atoms with Gasteiger partial charge in [0.25, 0.3) is 0 Å². The molecule has 0 unspecified atom stereocenters. The van der Waals surface area contributed by atoms with E-state index in [4.69, 9.17) is 23.2 Å². The molecule has 0 aromatic heterocycles. The van der Waals surface area contributed by atoms with E-state index in [0.717, 1.165) is 18.4 Å². The quantitative estimate of drug-likeness (QED) is 0.755. The summed E-state index contributed by atoms with van der Waals surface area (Å²) in [6, 6.07) is 10.9. The van der Waals surface area contributed by atoms with Crippen LogP contribution >= 0.6 is 23.2 Å². The lowest BCUT2D eigenvalue weighted by Gasteiger charge is -2.24. The zero-order valence-corrected chi connectivity index (χ0v) is 15.2. The van der Waals surface area contributed by atoms with Crippen LogP contribution in [0.5, 0.6) is 0 Å². The van der Waals surface area contributed by atoms with Crippen molar-refractivity contribution >= 4 is 29.1 Å². The summed E-state index contributed by atoms with van der Waals surface area (Å²) in [4.78, 5) is 12.7. The van der Waals surface area contributed by atoms with Gasteiger partial charge in [0.1, 0.15) is 11.9 Å². The maximum atomic E-state index is 13.2. The van der Waals surface area contributed by atoms with Crippen LogP contribution in [0.4, 0.5) is 4.39 Å². The molecule has 3 rings (SSSR count). The number of nitrogens with one attached hydrogen (secondary N) is 2. The Bertz CT molecular complexity index is 763. The Hall–Kier alpha value is -1.62. The Labute approximate surface area is 156 Å². The van der Waals surface area contributed by atoms with Gasteiger partial charge in [-0.25, -0.2) is 4.39 Å². The van der Waals surface area contributed by atoms with Crippen molar-refractivity contribution in [1.29, 1.82) is 0 Å². The van der Waals surface area contributed by atoms with E-state index < -0.39 is 6.04 Å². The van der Waals surface area contributed by atoms with Gasteiger partial charge in [-0.1, -0.05) is 41.4 Å². The van der Waals surface area contributed by atoms with Gasteiger partial charge in [0, 0.05) is 12.1 Å². The molecule has 1 aliphatic carbocycles. The first-order valence-electron chi connectivity index (χ1n) is 8.21. The number of carbonyl (C=O) groups excluding carboxylic acids is 1. The average molecular weight is 381 g/mol.